The van der Waals surface area contributed by atoms with Crippen LogP contribution in [-0.4, -0.2) is 12.6 Å². The first-order valence-corrected chi connectivity index (χ1v) is 6.05. The van der Waals surface area contributed by atoms with Crippen molar-refractivity contribution in [2.45, 2.75) is 26.2 Å². The van der Waals surface area contributed by atoms with Crippen molar-refractivity contribution in [1.29, 1.82) is 5.26 Å². The Balaban J connectivity index is 2.56. The third-order valence-corrected chi connectivity index (χ3v) is 2.47. The van der Waals surface area contributed by atoms with Crippen molar-refractivity contribution in [3.05, 3.63) is 47.5 Å². The van der Waals surface area contributed by atoms with Crippen LogP contribution in [0.15, 0.2) is 42.0 Å². The number of hydrogen-bond donors (Lipinski definition) is 0. The van der Waals surface area contributed by atoms with Gasteiger partial charge in [-0.2, -0.15) is 5.26 Å². The molecule has 3 nitrogen and oxygen atoms in total. The summed E-state index contributed by atoms with van der Waals surface area (Å²) in [5.41, 5.74) is 1.67. The van der Waals surface area contributed by atoms with Crippen molar-refractivity contribution in [1.82, 2.24) is 0 Å². The zero-order chi connectivity index (χ0) is 13.2. The number of esters is 1. The topological polar surface area (TPSA) is 50.1 Å². The fraction of sp³-hybridized carbons (Fsp3) is 0.333. The minimum Gasteiger partial charge on any atom is -0.463 e. The molecular weight excluding hydrogens is 226 g/mol. The summed E-state index contributed by atoms with van der Waals surface area (Å²) in [6, 6.07) is 12.0. The normalized spacial score (nSPS) is 10.8. The van der Waals surface area contributed by atoms with Crippen LogP contribution in [0.25, 0.3) is 0 Å². The van der Waals surface area contributed by atoms with Gasteiger partial charge in [-0.3, -0.25) is 0 Å². The first-order valence-electron chi connectivity index (χ1n) is 6.05. The van der Waals surface area contributed by atoms with E-state index in [1.807, 2.05) is 36.4 Å². The Morgan fingerprint density at radius 1 is 1.39 bits per heavy atom. The summed E-state index contributed by atoms with van der Waals surface area (Å²) >= 11 is 0. The fourth-order valence-electron chi connectivity index (χ4n) is 1.59. The molecule has 0 aliphatic carbocycles. The maximum absolute atomic E-state index is 11.5. The zero-order valence-electron chi connectivity index (χ0n) is 10.6. The van der Waals surface area contributed by atoms with E-state index >= 15 is 0 Å². The second-order valence-electron chi connectivity index (χ2n) is 3.81. The van der Waals surface area contributed by atoms with Gasteiger partial charge < -0.3 is 4.74 Å². The standard InChI is InChI=1S/C15H17NO2/c1-2-18-15(17)14(11-12-16)10-6-9-13-7-4-3-5-8-13/h3-5,7-8,10H,2,6,9,11H2,1H3/b14-10+. The summed E-state index contributed by atoms with van der Waals surface area (Å²) in [5, 5.41) is 8.67. The number of hydrogen-bond acceptors (Lipinski definition) is 3. The van der Waals surface area contributed by atoms with Gasteiger partial charge >= 0.3 is 5.97 Å². The van der Waals surface area contributed by atoms with Gasteiger partial charge in [-0.05, 0) is 25.3 Å². The van der Waals surface area contributed by atoms with E-state index in [0.717, 1.165) is 12.8 Å². The number of carbonyl (C=O) groups excluding carboxylic acids is 1. The summed E-state index contributed by atoms with van der Waals surface area (Å²) in [7, 11) is 0. The first-order chi connectivity index (χ1) is 8.77. The van der Waals surface area contributed by atoms with Crippen LogP contribution in [0, 0.1) is 11.3 Å². The molecular formula is C15H17NO2. The number of carbonyl (C=O) groups is 1. The maximum Gasteiger partial charge on any atom is 0.334 e. The largest absolute Gasteiger partial charge is 0.463 e. The van der Waals surface area contributed by atoms with E-state index in [0.29, 0.717) is 12.2 Å². The predicted octanol–water partition coefficient (Wildman–Crippen LogP) is 3.02. The Morgan fingerprint density at radius 3 is 2.72 bits per heavy atom. The molecule has 0 unspecified atom stereocenters. The zero-order valence-corrected chi connectivity index (χ0v) is 10.6. The number of rotatable bonds is 6. The number of nitriles is 1. The summed E-state index contributed by atoms with van der Waals surface area (Å²) in [6.07, 6.45) is 3.50. The molecule has 0 bridgehead atoms. The molecule has 1 rings (SSSR count). The van der Waals surface area contributed by atoms with Gasteiger partial charge in [-0.15, -0.1) is 0 Å². The number of ether oxygens (including phenoxy) is 1. The Hall–Kier alpha value is -2.08. The third-order valence-electron chi connectivity index (χ3n) is 2.47. The van der Waals surface area contributed by atoms with E-state index < -0.39 is 0 Å². The van der Waals surface area contributed by atoms with Gasteiger partial charge in [-0.1, -0.05) is 36.4 Å². The van der Waals surface area contributed by atoms with Crippen molar-refractivity contribution in [2.75, 3.05) is 6.61 Å². The van der Waals surface area contributed by atoms with Gasteiger partial charge in [0.25, 0.3) is 0 Å². The van der Waals surface area contributed by atoms with E-state index in [1.165, 1.54) is 5.56 Å². The average molecular weight is 243 g/mol. The maximum atomic E-state index is 11.5. The van der Waals surface area contributed by atoms with Gasteiger partial charge in [0.2, 0.25) is 0 Å². The highest BCUT2D eigenvalue weighted by Gasteiger charge is 2.09. The van der Waals surface area contributed by atoms with Crippen LogP contribution in [0.3, 0.4) is 0 Å². The molecule has 0 radical (unpaired) electrons. The monoisotopic (exact) mass is 243 g/mol. The summed E-state index contributed by atoms with van der Waals surface area (Å²) in [5.74, 6) is -0.382. The van der Waals surface area contributed by atoms with E-state index in [2.05, 4.69) is 0 Å². The van der Waals surface area contributed by atoms with Gasteiger partial charge in [0.1, 0.15) is 0 Å². The molecule has 94 valence electrons. The van der Waals surface area contributed by atoms with Gasteiger partial charge in [0.15, 0.2) is 0 Å². The summed E-state index contributed by atoms with van der Waals surface area (Å²) < 4.78 is 4.90. The lowest BCUT2D eigenvalue weighted by molar-refractivity contribution is -0.138. The van der Waals surface area contributed by atoms with Crippen molar-refractivity contribution < 1.29 is 9.53 Å². The Bertz CT molecular complexity index is 443. The Morgan fingerprint density at radius 2 is 2.11 bits per heavy atom. The minimum atomic E-state index is -0.382. The van der Waals surface area contributed by atoms with Crippen LogP contribution in [0.2, 0.25) is 0 Å². The molecule has 1 aromatic rings. The van der Waals surface area contributed by atoms with Crippen molar-refractivity contribution >= 4 is 5.97 Å². The van der Waals surface area contributed by atoms with Gasteiger partial charge in [0, 0.05) is 5.57 Å². The number of nitrogens with zero attached hydrogens (tertiary/aromatic N) is 1. The Kier molecular flexibility index (Phi) is 6.27. The Labute approximate surface area is 108 Å². The van der Waals surface area contributed by atoms with Crippen LogP contribution >= 0.6 is 0 Å². The molecule has 18 heavy (non-hydrogen) atoms. The molecule has 0 spiro atoms. The second kappa shape index (κ2) is 8.08. The van der Waals surface area contributed by atoms with E-state index in [4.69, 9.17) is 10.00 Å². The highest BCUT2D eigenvalue weighted by molar-refractivity contribution is 5.88. The lowest BCUT2D eigenvalue weighted by Gasteiger charge is -2.03. The molecule has 1 aromatic carbocycles. The molecule has 0 amide bonds. The van der Waals surface area contributed by atoms with Crippen molar-refractivity contribution in [3.63, 3.8) is 0 Å². The average Bonchev–Trinajstić information content (AvgIpc) is 2.39. The van der Waals surface area contributed by atoms with Gasteiger partial charge in [-0.25, -0.2) is 4.79 Å². The second-order valence-corrected chi connectivity index (χ2v) is 3.81. The summed E-state index contributed by atoms with van der Waals surface area (Å²) in [6.45, 7) is 2.09. The highest BCUT2D eigenvalue weighted by Crippen LogP contribution is 2.08. The molecule has 0 aromatic heterocycles. The van der Waals surface area contributed by atoms with E-state index in [9.17, 15) is 4.79 Å². The SMILES string of the molecule is CCOC(=O)/C(=C/CCc1ccccc1)CC#N. The quantitative estimate of drug-likeness (QED) is 0.570. The molecule has 0 heterocycles. The fourth-order valence-corrected chi connectivity index (χ4v) is 1.59. The van der Waals surface area contributed by atoms with Gasteiger partial charge in [0.05, 0.1) is 19.1 Å². The van der Waals surface area contributed by atoms with Crippen LogP contribution in [0.5, 0.6) is 0 Å². The van der Waals surface area contributed by atoms with Crippen molar-refractivity contribution in [2.24, 2.45) is 0 Å². The lowest BCUT2D eigenvalue weighted by atomic mass is 10.1. The van der Waals surface area contributed by atoms with Crippen molar-refractivity contribution in [3.8, 4) is 6.07 Å². The summed E-state index contributed by atoms with van der Waals surface area (Å²) in [4.78, 5) is 11.5. The molecule has 0 fully saturated rings. The third kappa shape index (κ3) is 4.84. The predicted molar refractivity (Wildman–Crippen MR) is 69.7 cm³/mol. The molecule has 0 saturated carbocycles. The highest BCUT2D eigenvalue weighted by atomic mass is 16.5. The van der Waals surface area contributed by atoms with Crippen LogP contribution < -0.4 is 0 Å². The molecule has 0 aliphatic rings. The number of benzene rings is 1. The minimum absolute atomic E-state index is 0.105. The number of aryl methyl sites for hydroxylation is 1. The molecule has 0 atom stereocenters. The van der Waals surface area contributed by atoms with E-state index in [1.54, 1.807) is 13.0 Å². The molecule has 0 aliphatic heterocycles. The lowest BCUT2D eigenvalue weighted by Crippen LogP contribution is -2.07. The van der Waals surface area contributed by atoms with Crippen LogP contribution in [0.4, 0.5) is 0 Å². The van der Waals surface area contributed by atoms with E-state index in [-0.39, 0.29) is 12.4 Å². The molecule has 0 saturated heterocycles. The number of allylic oxidation sites excluding steroid dienone is 1. The molecule has 0 N–H and O–H groups in total. The van der Waals surface area contributed by atoms with Crippen LogP contribution in [-0.2, 0) is 16.0 Å². The molecule has 3 heteroatoms. The smallest absolute Gasteiger partial charge is 0.334 e. The first kappa shape index (κ1) is 14.0. The van der Waals surface area contributed by atoms with Crippen LogP contribution in [0.1, 0.15) is 25.3 Å².